The molecule has 5 nitrogen and oxygen atoms in total. The fraction of sp³-hybridized carbons (Fsp3) is 0. The summed E-state index contributed by atoms with van der Waals surface area (Å²) in [6.45, 7) is 0. The van der Waals surface area contributed by atoms with Gasteiger partial charge >= 0.3 is 0 Å². The van der Waals surface area contributed by atoms with Gasteiger partial charge in [0.05, 0.1) is 16.9 Å². The Kier molecular flexibility index (Phi) is 4.03. The Morgan fingerprint density at radius 3 is 2.79 bits per heavy atom. The number of anilines is 1. The van der Waals surface area contributed by atoms with Crippen LogP contribution >= 0.6 is 23.8 Å². The normalized spacial score (nSPS) is 9.95. The van der Waals surface area contributed by atoms with Crippen molar-refractivity contribution in [3.05, 3.63) is 53.1 Å². The van der Waals surface area contributed by atoms with Crippen LogP contribution in [0.2, 0.25) is 5.02 Å². The number of hydrogen-bond acceptors (Lipinski definition) is 4. The van der Waals surface area contributed by atoms with E-state index in [1.54, 1.807) is 18.2 Å². The van der Waals surface area contributed by atoms with Gasteiger partial charge in [0.25, 0.3) is 5.91 Å². The molecule has 0 aliphatic heterocycles. The van der Waals surface area contributed by atoms with Crippen LogP contribution in [0, 0.1) is 0 Å². The molecule has 19 heavy (non-hydrogen) atoms. The van der Waals surface area contributed by atoms with Gasteiger partial charge in [0.2, 0.25) is 0 Å². The maximum Gasteiger partial charge on any atom is 0.275 e. The first-order chi connectivity index (χ1) is 9.08. The van der Waals surface area contributed by atoms with E-state index >= 15 is 0 Å². The number of nitrogens with one attached hydrogen (secondary N) is 1. The number of halogens is 1. The van der Waals surface area contributed by atoms with Crippen molar-refractivity contribution in [1.82, 2.24) is 9.97 Å². The summed E-state index contributed by atoms with van der Waals surface area (Å²) in [5.41, 5.74) is 6.76. The average molecular weight is 293 g/mol. The fourth-order valence-corrected chi connectivity index (χ4v) is 1.67. The number of benzene rings is 1. The third kappa shape index (κ3) is 3.24. The lowest BCUT2D eigenvalue weighted by Gasteiger charge is -2.08. The zero-order valence-corrected chi connectivity index (χ0v) is 11.2. The molecule has 2 rings (SSSR count). The van der Waals surface area contributed by atoms with Crippen molar-refractivity contribution in [3.63, 3.8) is 0 Å². The molecular weight excluding hydrogens is 284 g/mol. The van der Waals surface area contributed by atoms with Gasteiger partial charge in [-0.25, -0.2) is 4.98 Å². The fourth-order valence-electron chi connectivity index (χ4n) is 1.38. The Hall–Kier alpha value is -2.05. The third-order valence-corrected chi connectivity index (χ3v) is 2.86. The van der Waals surface area contributed by atoms with E-state index in [9.17, 15) is 4.79 Å². The first kappa shape index (κ1) is 13.4. The maximum atomic E-state index is 11.9. The van der Waals surface area contributed by atoms with Crippen LogP contribution < -0.4 is 11.1 Å². The van der Waals surface area contributed by atoms with Crippen molar-refractivity contribution in [2.45, 2.75) is 0 Å². The van der Waals surface area contributed by atoms with E-state index in [1.807, 2.05) is 0 Å². The molecule has 1 heterocycles. The summed E-state index contributed by atoms with van der Waals surface area (Å²) in [5.74, 6) is -0.407. The Morgan fingerprint density at radius 1 is 1.37 bits per heavy atom. The Labute approximate surface area is 119 Å². The predicted octanol–water partition coefficient (Wildman–Crippen LogP) is 2.02. The number of amides is 1. The number of nitrogens with zero attached hydrogens (tertiary/aromatic N) is 2. The van der Waals surface area contributed by atoms with Crippen molar-refractivity contribution >= 4 is 40.4 Å². The Balaban J connectivity index is 2.26. The minimum absolute atomic E-state index is 0.194. The second-order valence-electron chi connectivity index (χ2n) is 3.60. The zero-order chi connectivity index (χ0) is 13.8. The van der Waals surface area contributed by atoms with Gasteiger partial charge in [-0.15, -0.1) is 0 Å². The lowest BCUT2D eigenvalue weighted by Crippen LogP contribution is -2.15. The summed E-state index contributed by atoms with van der Waals surface area (Å²) in [6, 6.07) is 4.91. The third-order valence-electron chi connectivity index (χ3n) is 2.29. The zero-order valence-electron chi connectivity index (χ0n) is 9.63. The molecule has 1 aromatic carbocycles. The molecule has 0 unspecified atom stereocenters. The molecule has 1 aromatic heterocycles. The minimum Gasteiger partial charge on any atom is -0.389 e. The van der Waals surface area contributed by atoms with Gasteiger partial charge in [-0.05, 0) is 12.1 Å². The van der Waals surface area contributed by atoms with Crippen molar-refractivity contribution in [2.75, 3.05) is 5.32 Å². The summed E-state index contributed by atoms with van der Waals surface area (Å²) in [6.07, 6.45) is 4.28. The molecule has 2 aromatic rings. The second-order valence-corrected chi connectivity index (χ2v) is 4.45. The number of carbonyl (C=O) groups excluding carboxylic acids is 1. The standard InChI is InChI=1S/C12H9ClN4OS/c13-8-2-1-7(11(14)19)5-9(8)17-12(18)10-6-15-3-4-16-10/h1-6H,(H2,14,19)(H,17,18). The van der Waals surface area contributed by atoms with Crippen LogP contribution in [0.3, 0.4) is 0 Å². The number of thiocarbonyl (C=S) groups is 1. The molecule has 7 heteroatoms. The molecular formula is C12H9ClN4OS. The summed E-state index contributed by atoms with van der Waals surface area (Å²) in [7, 11) is 0. The summed E-state index contributed by atoms with van der Waals surface area (Å²) < 4.78 is 0. The van der Waals surface area contributed by atoms with Gasteiger partial charge in [0.15, 0.2) is 0 Å². The minimum atomic E-state index is -0.407. The summed E-state index contributed by atoms with van der Waals surface area (Å²) in [4.78, 5) is 19.9. The number of hydrogen-bond donors (Lipinski definition) is 2. The van der Waals surface area contributed by atoms with E-state index in [1.165, 1.54) is 18.6 Å². The van der Waals surface area contributed by atoms with Crippen molar-refractivity contribution in [1.29, 1.82) is 0 Å². The van der Waals surface area contributed by atoms with Gasteiger partial charge < -0.3 is 11.1 Å². The van der Waals surface area contributed by atoms with E-state index in [0.29, 0.717) is 16.3 Å². The van der Waals surface area contributed by atoms with Gasteiger partial charge in [-0.3, -0.25) is 9.78 Å². The molecule has 0 radical (unpaired) electrons. The first-order valence-corrected chi connectivity index (χ1v) is 6.03. The largest absolute Gasteiger partial charge is 0.389 e. The molecule has 3 N–H and O–H groups in total. The van der Waals surface area contributed by atoms with Gasteiger partial charge in [-0.2, -0.15) is 0 Å². The van der Waals surface area contributed by atoms with Crippen LogP contribution in [-0.2, 0) is 0 Å². The van der Waals surface area contributed by atoms with Crippen LogP contribution in [0.4, 0.5) is 5.69 Å². The molecule has 0 spiro atoms. The summed E-state index contributed by atoms with van der Waals surface area (Å²) >= 11 is 10.9. The van der Waals surface area contributed by atoms with Crippen LogP contribution in [0.15, 0.2) is 36.8 Å². The van der Waals surface area contributed by atoms with Gasteiger partial charge in [-0.1, -0.05) is 29.9 Å². The smallest absolute Gasteiger partial charge is 0.275 e. The molecule has 0 atom stereocenters. The molecule has 0 saturated carbocycles. The SMILES string of the molecule is NC(=S)c1ccc(Cl)c(NC(=O)c2cnccn2)c1. The quantitative estimate of drug-likeness (QED) is 0.846. The second kappa shape index (κ2) is 5.73. The molecule has 96 valence electrons. The molecule has 0 aliphatic carbocycles. The highest BCUT2D eigenvalue weighted by Gasteiger charge is 2.10. The lowest BCUT2D eigenvalue weighted by atomic mass is 10.2. The number of carbonyl (C=O) groups is 1. The predicted molar refractivity (Wildman–Crippen MR) is 77.3 cm³/mol. The Morgan fingerprint density at radius 2 is 2.16 bits per heavy atom. The maximum absolute atomic E-state index is 11.9. The van der Waals surface area contributed by atoms with Crippen molar-refractivity contribution in [2.24, 2.45) is 5.73 Å². The van der Waals surface area contributed by atoms with Crippen LogP contribution in [0.5, 0.6) is 0 Å². The molecule has 1 amide bonds. The molecule has 0 saturated heterocycles. The molecule has 0 aliphatic rings. The highest BCUT2D eigenvalue weighted by Crippen LogP contribution is 2.23. The van der Waals surface area contributed by atoms with E-state index in [4.69, 9.17) is 29.6 Å². The van der Waals surface area contributed by atoms with Crippen LogP contribution in [0.25, 0.3) is 0 Å². The summed E-state index contributed by atoms with van der Waals surface area (Å²) in [5, 5.41) is 3.02. The van der Waals surface area contributed by atoms with Gasteiger partial charge in [0, 0.05) is 18.0 Å². The highest BCUT2D eigenvalue weighted by molar-refractivity contribution is 7.80. The monoisotopic (exact) mass is 292 g/mol. The molecule has 0 fully saturated rings. The van der Waals surface area contributed by atoms with Gasteiger partial charge in [0.1, 0.15) is 10.7 Å². The highest BCUT2D eigenvalue weighted by atomic mass is 35.5. The number of nitrogens with two attached hydrogens (primary N) is 1. The first-order valence-electron chi connectivity index (χ1n) is 5.24. The topological polar surface area (TPSA) is 80.9 Å². The number of rotatable bonds is 3. The van der Waals surface area contributed by atoms with E-state index in [2.05, 4.69) is 15.3 Å². The Bertz CT molecular complexity index is 633. The van der Waals surface area contributed by atoms with E-state index < -0.39 is 5.91 Å². The average Bonchev–Trinajstić information content (AvgIpc) is 2.42. The lowest BCUT2D eigenvalue weighted by molar-refractivity contribution is 0.102. The number of aromatic nitrogens is 2. The van der Waals surface area contributed by atoms with Crippen LogP contribution in [-0.4, -0.2) is 20.9 Å². The van der Waals surface area contributed by atoms with Crippen molar-refractivity contribution < 1.29 is 4.79 Å². The van der Waals surface area contributed by atoms with Crippen LogP contribution in [0.1, 0.15) is 16.1 Å². The van der Waals surface area contributed by atoms with E-state index in [0.717, 1.165) is 0 Å². The molecule has 0 bridgehead atoms. The van der Waals surface area contributed by atoms with Crippen molar-refractivity contribution in [3.8, 4) is 0 Å². The van der Waals surface area contributed by atoms with E-state index in [-0.39, 0.29) is 10.7 Å².